The standard InChI is InChI=1S/C17H26N2O/c1-17(2,3)14-6-4-12(5-7-14)10-13-8-9-19-15(11-13)16(18)20/h4-7,13,15,19H,8-11H2,1-3H3,(H2,18,20). The van der Waals surface area contributed by atoms with Gasteiger partial charge in [0.15, 0.2) is 0 Å². The van der Waals surface area contributed by atoms with Crippen molar-refractivity contribution in [1.82, 2.24) is 5.32 Å². The molecule has 0 aromatic heterocycles. The van der Waals surface area contributed by atoms with Crippen molar-refractivity contribution >= 4 is 5.91 Å². The van der Waals surface area contributed by atoms with Gasteiger partial charge in [0.25, 0.3) is 0 Å². The molecular weight excluding hydrogens is 248 g/mol. The van der Waals surface area contributed by atoms with Crippen molar-refractivity contribution in [3.8, 4) is 0 Å². The lowest BCUT2D eigenvalue weighted by Crippen LogP contribution is -2.47. The van der Waals surface area contributed by atoms with Gasteiger partial charge < -0.3 is 11.1 Å². The molecule has 2 atom stereocenters. The second kappa shape index (κ2) is 5.96. The quantitative estimate of drug-likeness (QED) is 0.889. The molecule has 20 heavy (non-hydrogen) atoms. The first-order valence-electron chi connectivity index (χ1n) is 7.48. The van der Waals surface area contributed by atoms with Crippen molar-refractivity contribution in [2.45, 2.75) is 51.5 Å². The van der Waals surface area contributed by atoms with Crippen molar-refractivity contribution < 1.29 is 4.79 Å². The zero-order valence-corrected chi connectivity index (χ0v) is 12.8. The summed E-state index contributed by atoms with van der Waals surface area (Å²) in [6.45, 7) is 7.57. The Balaban J connectivity index is 1.98. The Morgan fingerprint density at radius 2 is 1.95 bits per heavy atom. The van der Waals surface area contributed by atoms with E-state index in [9.17, 15) is 4.79 Å². The van der Waals surface area contributed by atoms with Crippen LogP contribution in [0.25, 0.3) is 0 Å². The molecule has 1 saturated heterocycles. The molecule has 2 rings (SSSR count). The predicted molar refractivity (Wildman–Crippen MR) is 82.6 cm³/mol. The van der Waals surface area contributed by atoms with Crippen molar-refractivity contribution in [1.29, 1.82) is 0 Å². The molecule has 3 N–H and O–H groups in total. The van der Waals surface area contributed by atoms with Gasteiger partial charge in [-0.2, -0.15) is 0 Å². The summed E-state index contributed by atoms with van der Waals surface area (Å²) in [5.74, 6) is 0.326. The maximum atomic E-state index is 11.3. The summed E-state index contributed by atoms with van der Waals surface area (Å²) in [6.07, 6.45) is 3.01. The second-order valence-corrected chi connectivity index (χ2v) is 6.95. The molecule has 0 saturated carbocycles. The Hall–Kier alpha value is -1.35. The van der Waals surface area contributed by atoms with Crippen molar-refractivity contribution in [2.75, 3.05) is 6.54 Å². The number of carbonyl (C=O) groups is 1. The number of nitrogens with two attached hydrogens (primary N) is 1. The van der Waals surface area contributed by atoms with E-state index in [1.165, 1.54) is 11.1 Å². The second-order valence-electron chi connectivity index (χ2n) is 6.95. The third kappa shape index (κ3) is 3.83. The Morgan fingerprint density at radius 1 is 1.30 bits per heavy atom. The van der Waals surface area contributed by atoms with E-state index in [1.807, 2.05) is 0 Å². The number of primary amides is 1. The van der Waals surface area contributed by atoms with Gasteiger partial charge in [-0.15, -0.1) is 0 Å². The minimum absolute atomic E-state index is 0.150. The van der Waals surface area contributed by atoms with Gasteiger partial charge in [0.05, 0.1) is 6.04 Å². The number of nitrogens with one attached hydrogen (secondary N) is 1. The number of rotatable bonds is 3. The zero-order valence-electron chi connectivity index (χ0n) is 12.8. The first-order chi connectivity index (χ1) is 9.36. The van der Waals surface area contributed by atoms with E-state index >= 15 is 0 Å². The van der Waals surface area contributed by atoms with E-state index in [-0.39, 0.29) is 17.4 Å². The van der Waals surface area contributed by atoms with Crippen molar-refractivity contribution in [2.24, 2.45) is 11.7 Å². The summed E-state index contributed by atoms with van der Waals surface area (Å²) in [6, 6.07) is 8.75. The number of hydrogen-bond acceptors (Lipinski definition) is 2. The smallest absolute Gasteiger partial charge is 0.234 e. The molecule has 1 heterocycles. The van der Waals surface area contributed by atoms with Gasteiger partial charge >= 0.3 is 0 Å². The average Bonchev–Trinajstić information content (AvgIpc) is 2.38. The van der Waals surface area contributed by atoms with Crippen LogP contribution in [0, 0.1) is 5.92 Å². The molecular formula is C17H26N2O. The number of benzene rings is 1. The maximum absolute atomic E-state index is 11.3. The molecule has 0 aliphatic carbocycles. The lowest BCUT2D eigenvalue weighted by atomic mass is 9.84. The van der Waals surface area contributed by atoms with E-state index in [2.05, 4.69) is 50.4 Å². The van der Waals surface area contributed by atoms with Gasteiger partial charge in [0, 0.05) is 0 Å². The predicted octanol–water partition coefficient (Wildman–Crippen LogP) is 2.38. The Labute approximate surface area is 121 Å². The maximum Gasteiger partial charge on any atom is 0.234 e. The van der Waals surface area contributed by atoms with Crippen LogP contribution in [0.15, 0.2) is 24.3 Å². The van der Waals surface area contributed by atoms with Crippen LogP contribution in [0.2, 0.25) is 0 Å². The van der Waals surface area contributed by atoms with Crippen molar-refractivity contribution in [3.63, 3.8) is 0 Å². The fourth-order valence-electron chi connectivity index (χ4n) is 2.87. The van der Waals surface area contributed by atoms with Gasteiger partial charge in [-0.05, 0) is 48.3 Å². The minimum Gasteiger partial charge on any atom is -0.368 e. The summed E-state index contributed by atoms with van der Waals surface area (Å²) in [7, 11) is 0. The fourth-order valence-corrected chi connectivity index (χ4v) is 2.87. The molecule has 1 amide bonds. The average molecular weight is 274 g/mol. The van der Waals surface area contributed by atoms with E-state index in [0.717, 1.165) is 25.8 Å². The number of carbonyl (C=O) groups excluding carboxylic acids is 1. The summed E-state index contributed by atoms with van der Waals surface area (Å²) < 4.78 is 0. The summed E-state index contributed by atoms with van der Waals surface area (Å²) >= 11 is 0. The number of piperidine rings is 1. The molecule has 1 aromatic rings. The monoisotopic (exact) mass is 274 g/mol. The van der Waals surface area contributed by atoms with Gasteiger partial charge in [0.1, 0.15) is 0 Å². The van der Waals surface area contributed by atoms with Gasteiger partial charge in [0.2, 0.25) is 5.91 Å². The van der Waals surface area contributed by atoms with Crippen molar-refractivity contribution in [3.05, 3.63) is 35.4 Å². The molecule has 110 valence electrons. The van der Waals surface area contributed by atoms with Gasteiger partial charge in [-0.3, -0.25) is 4.79 Å². The third-order valence-electron chi connectivity index (χ3n) is 4.20. The van der Waals surface area contributed by atoms with Crippen LogP contribution in [0.3, 0.4) is 0 Å². The molecule has 2 unspecified atom stereocenters. The number of hydrogen-bond donors (Lipinski definition) is 2. The Morgan fingerprint density at radius 3 is 2.50 bits per heavy atom. The van der Waals surface area contributed by atoms with E-state index in [1.54, 1.807) is 0 Å². The van der Waals surface area contributed by atoms with Crippen LogP contribution in [0.4, 0.5) is 0 Å². The van der Waals surface area contributed by atoms with Gasteiger partial charge in [-0.25, -0.2) is 0 Å². The highest BCUT2D eigenvalue weighted by atomic mass is 16.1. The molecule has 1 aliphatic heterocycles. The van der Waals surface area contributed by atoms with Crippen LogP contribution in [0.5, 0.6) is 0 Å². The van der Waals surface area contributed by atoms with Crippen LogP contribution in [-0.2, 0) is 16.6 Å². The molecule has 3 nitrogen and oxygen atoms in total. The SMILES string of the molecule is CC(C)(C)c1ccc(CC2CCNC(C(N)=O)C2)cc1. The van der Waals surface area contributed by atoms with E-state index < -0.39 is 0 Å². The first-order valence-corrected chi connectivity index (χ1v) is 7.48. The molecule has 0 radical (unpaired) electrons. The zero-order chi connectivity index (χ0) is 14.8. The van der Waals surface area contributed by atoms with Crippen LogP contribution in [0.1, 0.15) is 44.7 Å². The molecule has 3 heteroatoms. The normalized spacial score (nSPS) is 23.6. The molecule has 0 spiro atoms. The highest BCUT2D eigenvalue weighted by molar-refractivity contribution is 5.79. The van der Waals surface area contributed by atoms with Crippen LogP contribution < -0.4 is 11.1 Å². The molecule has 1 aliphatic rings. The summed E-state index contributed by atoms with van der Waals surface area (Å²) in [5, 5.41) is 3.19. The fraction of sp³-hybridized carbons (Fsp3) is 0.588. The Kier molecular flexibility index (Phi) is 4.48. The van der Waals surface area contributed by atoms with E-state index in [0.29, 0.717) is 5.92 Å². The Bertz CT molecular complexity index is 459. The topological polar surface area (TPSA) is 55.1 Å². The van der Waals surface area contributed by atoms with Gasteiger partial charge in [-0.1, -0.05) is 45.0 Å². The largest absolute Gasteiger partial charge is 0.368 e. The highest BCUT2D eigenvalue weighted by Gasteiger charge is 2.25. The summed E-state index contributed by atoms with van der Waals surface area (Å²) in [4.78, 5) is 11.3. The van der Waals surface area contributed by atoms with Crippen LogP contribution >= 0.6 is 0 Å². The van der Waals surface area contributed by atoms with E-state index in [4.69, 9.17) is 5.73 Å². The summed E-state index contributed by atoms with van der Waals surface area (Å²) in [5.41, 5.74) is 8.31. The first kappa shape index (κ1) is 15.0. The van der Waals surface area contributed by atoms with Crippen LogP contribution in [-0.4, -0.2) is 18.5 Å². The lowest BCUT2D eigenvalue weighted by molar-refractivity contribution is -0.120. The minimum atomic E-state index is -0.224. The molecule has 1 fully saturated rings. The molecule has 1 aromatic carbocycles. The highest BCUT2D eigenvalue weighted by Crippen LogP contribution is 2.25. The number of amides is 1. The molecule has 0 bridgehead atoms. The third-order valence-corrected chi connectivity index (χ3v) is 4.20. The lowest BCUT2D eigenvalue weighted by Gasteiger charge is -2.28.